The Morgan fingerprint density at radius 2 is 2.00 bits per heavy atom. The number of ether oxygens (including phenoxy) is 1. The van der Waals surface area contributed by atoms with E-state index in [1.54, 1.807) is 0 Å². The molecule has 0 aromatic heterocycles. The number of nitrogens with one attached hydrogen (secondary N) is 1. The van der Waals surface area contributed by atoms with Crippen molar-refractivity contribution in [2.24, 2.45) is 5.41 Å². The molecule has 0 saturated heterocycles. The van der Waals surface area contributed by atoms with E-state index < -0.39 is 5.41 Å². The Morgan fingerprint density at radius 3 is 2.39 bits per heavy atom. The van der Waals surface area contributed by atoms with Crippen LogP contribution in [0.25, 0.3) is 0 Å². The molecule has 4 heteroatoms. The number of hydrogen-bond acceptors (Lipinski definition) is 3. The van der Waals surface area contributed by atoms with Gasteiger partial charge in [-0.25, -0.2) is 0 Å². The van der Waals surface area contributed by atoms with E-state index in [1.165, 1.54) is 7.11 Å². The fourth-order valence-electron chi connectivity index (χ4n) is 2.79. The molecule has 1 saturated carbocycles. The Morgan fingerprint density at radius 1 is 1.39 bits per heavy atom. The molecule has 3 nitrogen and oxygen atoms in total. The third-order valence-corrected chi connectivity index (χ3v) is 4.13. The summed E-state index contributed by atoms with van der Waals surface area (Å²) >= 11 is 5.90. The summed E-state index contributed by atoms with van der Waals surface area (Å²) in [6, 6.07) is 7.62. The van der Waals surface area contributed by atoms with Gasteiger partial charge in [0.15, 0.2) is 0 Å². The number of hydrogen-bond donors (Lipinski definition) is 1. The highest BCUT2D eigenvalue weighted by atomic mass is 35.5. The fraction of sp³-hybridized carbons (Fsp3) is 0.500. The predicted octanol–water partition coefficient (Wildman–Crippen LogP) is 2.94. The maximum Gasteiger partial charge on any atom is 0.313 e. The molecule has 1 N–H and O–H groups in total. The number of methoxy groups -OCH3 is 1. The van der Waals surface area contributed by atoms with Crippen molar-refractivity contribution in [3.05, 3.63) is 34.9 Å². The third kappa shape index (κ3) is 2.13. The summed E-state index contributed by atoms with van der Waals surface area (Å²) in [4.78, 5) is 12.1. The van der Waals surface area contributed by atoms with Crippen LogP contribution in [0.3, 0.4) is 0 Å². The SMILES string of the molecule is CNC(c1ccc(Cl)cc1)C1(C(=O)OC)CCC1. The summed E-state index contributed by atoms with van der Waals surface area (Å²) < 4.78 is 4.98. The first-order chi connectivity index (χ1) is 8.64. The van der Waals surface area contributed by atoms with Crippen molar-refractivity contribution < 1.29 is 9.53 Å². The molecule has 0 heterocycles. The van der Waals surface area contributed by atoms with E-state index >= 15 is 0 Å². The summed E-state index contributed by atoms with van der Waals surface area (Å²) in [6.45, 7) is 0. The second kappa shape index (κ2) is 5.29. The molecule has 0 aliphatic heterocycles. The van der Waals surface area contributed by atoms with E-state index in [0.717, 1.165) is 24.8 Å². The van der Waals surface area contributed by atoms with Crippen molar-refractivity contribution in [2.75, 3.05) is 14.2 Å². The minimum absolute atomic E-state index is 0.0176. The maximum atomic E-state index is 12.1. The average Bonchev–Trinajstić information content (AvgIpc) is 2.34. The zero-order valence-electron chi connectivity index (χ0n) is 10.7. The van der Waals surface area contributed by atoms with E-state index in [-0.39, 0.29) is 12.0 Å². The molecule has 1 aliphatic rings. The van der Waals surface area contributed by atoms with E-state index in [9.17, 15) is 4.79 Å². The summed E-state index contributed by atoms with van der Waals surface area (Å²) in [7, 11) is 3.33. The second-order valence-electron chi connectivity index (χ2n) is 4.77. The van der Waals surface area contributed by atoms with Gasteiger partial charge in [-0.3, -0.25) is 4.79 Å². The third-order valence-electron chi connectivity index (χ3n) is 3.88. The monoisotopic (exact) mass is 267 g/mol. The Kier molecular flexibility index (Phi) is 3.93. The molecule has 2 rings (SSSR count). The number of carbonyl (C=O) groups is 1. The normalized spacial score (nSPS) is 18.8. The second-order valence-corrected chi connectivity index (χ2v) is 5.21. The molecule has 0 bridgehead atoms. The molecule has 1 aliphatic carbocycles. The van der Waals surface area contributed by atoms with Crippen molar-refractivity contribution in [1.29, 1.82) is 0 Å². The van der Waals surface area contributed by atoms with Gasteiger partial charge in [0.2, 0.25) is 0 Å². The highest BCUT2D eigenvalue weighted by molar-refractivity contribution is 6.30. The molecular formula is C14H18ClNO2. The number of esters is 1. The van der Waals surface area contributed by atoms with Crippen LogP contribution in [0.2, 0.25) is 5.02 Å². The summed E-state index contributed by atoms with van der Waals surface area (Å²) in [5.41, 5.74) is 0.657. The van der Waals surface area contributed by atoms with Crippen molar-refractivity contribution in [3.8, 4) is 0 Å². The van der Waals surface area contributed by atoms with Gasteiger partial charge in [-0.15, -0.1) is 0 Å². The van der Waals surface area contributed by atoms with E-state index in [1.807, 2.05) is 31.3 Å². The van der Waals surface area contributed by atoms with Gasteiger partial charge >= 0.3 is 5.97 Å². The number of rotatable bonds is 4. The molecule has 1 fully saturated rings. The smallest absolute Gasteiger partial charge is 0.313 e. The van der Waals surface area contributed by atoms with Crippen LogP contribution in [-0.2, 0) is 9.53 Å². The first-order valence-corrected chi connectivity index (χ1v) is 6.53. The molecule has 1 atom stereocenters. The lowest BCUT2D eigenvalue weighted by Gasteiger charge is -2.45. The van der Waals surface area contributed by atoms with Gasteiger partial charge in [-0.1, -0.05) is 30.2 Å². The molecule has 0 radical (unpaired) electrons. The molecule has 1 aromatic carbocycles. The predicted molar refractivity (Wildman–Crippen MR) is 71.6 cm³/mol. The van der Waals surface area contributed by atoms with Crippen molar-refractivity contribution in [2.45, 2.75) is 25.3 Å². The topological polar surface area (TPSA) is 38.3 Å². The van der Waals surface area contributed by atoms with Gasteiger partial charge in [-0.2, -0.15) is 0 Å². The first kappa shape index (κ1) is 13.4. The summed E-state index contributed by atoms with van der Waals surface area (Å²) in [5, 5.41) is 3.95. The minimum Gasteiger partial charge on any atom is -0.469 e. The molecule has 0 amide bonds. The Bertz CT molecular complexity index is 426. The van der Waals surface area contributed by atoms with E-state index in [4.69, 9.17) is 16.3 Å². The molecule has 18 heavy (non-hydrogen) atoms. The van der Waals surface area contributed by atoms with Gasteiger partial charge in [0.25, 0.3) is 0 Å². The van der Waals surface area contributed by atoms with Crippen LogP contribution in [0, 0.1) is 5.41 Å². The van der Waals surface area contributed by atoms with Gasteiger partial charge in [0, 0.05) is 11.1 Å². The molecule has 0 spiro atoms. The number of halogens is 1. The molecule has 1 aromatic rings. The average molecular weight is 268 g/mol. The van der Waals surface area contributed by atoms with Crippen molar-refractivity contribution in [3.63, 3.8) is 0 Å². The van der Waals surface area contributed by atoms with Crippen molar-refractivity contribution >= 4 is 17.6 Å². The Labute approximate surface area is 112 Å². The standard InChI is InChI=1S/C14H18ClNO2/c1-16-12(10-4-6-11(15)7-5-10)14(8-3-9-14)13(17)18-2/h4-7,12,16H,3,8-9H2,1-2H3. The largest absolute Gasteiger partial charge is 0.469 e. The zero-order chi connectivity index (χ0) is 13.2. The lowest BCUT2D eigenvalue weighted by atomic mass is 9.62. The first-order valence-electron chi connectivity index (χ1n) is 6.15. The minimum atomic E-state index is -0.419. The van der Waals surface area contributed by atoms with Crippen LogP contribution < -0.4 is 5.32 Å². The van der Waals surface area contributed by atoms with Crippen LogP contribution >= 0.6 is 11.6 Å². The van der Waals surface area contributed by atoms with Crippen LogP contribution in [-0.4, -0.2) is 20.1 Å². The van der Waals surface area contributed by atoms with Crippen LogP contribution in [0.1, 0.15) is 30.9 Å². The quantitative estimate of drug-likeness (QED) is 0.853. The summed E-state index contributed by atoms with van der Waals surface area (Å²) in [6.07, 6.45) is 2.81. The van der Waals surface area contributed by atoms with Gasteiger partial charge in [0.1, 0.15) is 0 Å². The fourth-order valence-corrected chi connectivity index (χ4v) is 2.91. The lowest BCUT2D eigenvalue weighted by Crippen LogP contribution is -2.48. The van der Waals surface area contributed by atoms with Crippen molar-refractivity contribution in [1.82, 2.24) is 5.32 Å². The van der Waals surface area contributed by atoms with Crippen LogP contribution in [0.15, 0.2) is 24.3 Å². The van der Waals surface area contributed by atoms with E-state index in [2.05, 4.69) is 5.32 Å². The van der Waals surface area contributed by atoms with Gasteiger partial charge in [0.05, 0.1) is 12.5 Å². The van der Waals surface area contributed by atoms with Crippen LogP contribution in [0.4, 0.5) is 0 Å². The highest BCUT2D eigenvalue weighted by Crippen LogP contribution is 2.51. The Hall–Kier alpha value is -1.06. The van der Waals surface area contributed by atoms with Gasteiger partial charge < -0.3 is 10.1 Å². The number of benzene rings is 1. The highest BCUT2D eigenvalue weighted by Gasteiger charge is 2.51. The molecule has 1 unspecified atom stereocenters. The van der Waals surface area contributed by atoms with Crippen LogP contribution in [0.5, 0.6) is 0 Å². The zero-order valence-corrected chi connectivity index (χ0v) is 11.5. The molecule has 98 valence electrons. The summed E-state index contributed by atoms with van der Waals surface area (Å²) in [5.74, 6) is -0.122. The number of carbonyl (C=O) groups excluding carboxylic acids is 1. The molecular weight excluding hydrogens is 250 g/mol. The Balaban J connectivity index is 2.32. The van der Waals surface area contributed by atoms with E-state index in [0.29, 0.717) is 5.02 Å². The lowest BCUT2D eigenvalue weighted by molar-refractivity contribution is -0.161. The van der Waals surface area contributed by atoms with Gasteiger partial charge in [-0.05, 0) is 37.6 Å². The maximum absolute atomic E-state index is 12.1.